The van der Waals surface area contributed by atoms with E-state index in [2.05, 4.69) is 10.0 Å². The van der Waals surface area contributed by atoms with Gasteiger partial charge >= 0.3 is 0 Å². The largest absolute Gasteiger partial charge is 0.497 e. The number of nitrogens with one attached hydrogen (secondary N) is 2. The predicted molar refractivity (Wildman–Crippen MR) is 127 cm³/mol. The molecule has 34 heavy (non-hydrogen) atoms. The summed E-state index contributed by atoms with van der Waals surface area (Å²) in [6.07, 6.45) is 0.194. The molecule has 0 aliphatic carbocycles. The number of hydrogen-bond donors (Lipinski definition) is 2. The molecule has 0 unspecified atom stereocenters. The normalized spacial score (nSPS) is 13.7. The van der Waals surface area contributed by atoms with Crippen molar-refractivity contribution in [1.82, 2.24) is 10.0 Å². The fraction of sp³-hybridized carbons (Fsp3) is 0.240. The maximum Gasteiger partial charge on any atom is 0.241 e. The second-order valence-corrected chi connectivity index (χ2v) is 9.45. The summed E-state index contributed by atoms with van der Waals surface area (Å²) in [5.74, 6) is 1.13. The van der Waals surface area contributed by atoms with Crippen molar-refractivity contribution in [2.24, 2.45) is 0 Å². The van der Waals surface area contributed by atoms with Crippen LogP contribution in [0.3, 0.4) is 0 Å². The number of hydrogen-bond acceptors (Lipinski definition) is 6. The summed E-state index contributed by atoms with van der Waals surface area (Å²) in [6.45, 7) is 0.999. The smallest absolute Gasteiger partial charge is 0.241 e. The maximum absolute atomic E-state index is 13.2. The molecule has 0 spiro atoms. The van der Waals surface area contributed by atoms with E-state index in [-0.39, 0.29) is 17.9 Å². The van der Waals surface area contributed by atoms with Crippen molar-refractivity contribution in [2.75, 3.05) is 20.3 Å². The van der Waals surface area contributed by atoms with Crippen LogP contribution in [0.1, 0.15) is 11.1 Å². The van der Waals surface area contributed by atoms with Gasteiger partial charge in [-0.2, -0.15) is 4.72 Å². The van der Waals surface area contributed by atoms with Crippen LogP contribution >= 0.6 is 0 Å². The van der Waals surface area contributed by atoms with Gasteiger partial charge in [-0.25, -0.2) is 8.42 Å². The predicted octanol–water partition coefficient (Wildman–Crippen LogP) is 2.67. The van der Waals surface area contributed by atoms with Crippen molar-refractivity contribution in [3.05, 3.63) is 83.9 Å². The second-order valence-electron chi connectivity index (χ2n) is 7.73. The molecule has 0 saturated heterocycles. The number of ether oxygens (including phenoxy) is 3. The molecule has 3 aromatic rings. The third kappa shape index (κ3) is 5.86. The molecule has 1 amide bonds. The van der Waals surface area contributed by atoms with E-state index >= 15 is 0 Å². The van der Waals surface area contributed by atoms with Crippen LogP contribution in [0.4, 0.5) is 0 Å². The Morgan fingerprint density at radius 1 is 0.941 bits per heavy atom. The Bertz CT molecular complexity index is 1230. The van der Waals surface area contributed by atoms with Crippen LogP contribution in [0.25, 0.3) is 0 Å². The Balaban J connectivity index is 1.52. The first kappa shape index (κ1) is 23.6. The van der Waals surface area contributed by atoms with Gasteiger partial charge in [0.15, 0.2) is 11.5 Å². The average Bonchev–Trinajstić information content (AvgIpc) is 2.87. The zero-order chi connectivity index (χ0) is 24.0. The topological polar surface area (TPSA) is 103 Å². The zero-order valence-corrected chi connectivity index (χ0v) is 19.5. The molecule has 0 saturated carbocycles. The number of carbonyl (C=O) groups excluding carboxylic acids is 1. The summed E-state index contributed by atoms with van der Waals surface area (Å²) in [5, 5.41) is 2.83. The molecule has 1 aliphatic rings. The highest BCUT2D eigenvalue weighted by Crippen LogP contribution is 2.32. The van der Waals surface area contributed by atoms with Crippen LogP contribution in [0.15, 0.2) is 77.7 Å². The van der Waals surface area contributed by atoms with Gasteiger partial charge in [0.05, 0.1) is 12.0 Å². The van der Waals surface area contributed by atoms with Crippen molar-refractivity contribution in [1.29, 1.82) is 0 Å². The summed E-state index contributed by atoms with van der Waals surface area (Å²) in [6, 6.07) is 19.9. The van der Waals surface area contributed by atoms with Gasteiger partial charge in [-0.05, 0) is 41.8 Å². The van der Waals surface area contributed by atoms with E-state index in [0.29, 0.717) is 30.5 Å². The molecular weight excluding hydrogens is 456 g/mol. The van der Waals surface area contributed by atoms with Crippen molar-refractivity contribution in [3.8, 4) is 17.2 Å². The average molecular weight is 483 g/mol. The van der Waals surface area contributed by atoms with E-state index in [1.807, 2.05) is 42.5 Å². The van der Waals surface area contributed by atoms with E-state index < -0.39 is 22.0 Å². The highest BCUT2D eigenvalue weighted by molar-refractivity contribution is 7.89. The lowest BCUT2D eigenvalue weighted by molar-refractivity contribution is -0.122. The van der Waals surface area contributed by atoms with Crippen LogP contribution in [-0.2, 0) is 27.8 Å². The number of benzene rings is 3. The minimum Gasteiger partial charge on any atom is -0.497 e. The van der Waals surface area contributed by atoms with E-state index in [1.54, 1.807) is 25.3 Å². The summed E-state index contributed by atoms with van der Waals surface area (Å²) < 4.78 is 45.0. The Kier molecular flexibility index (Phi) is 7.34. The van der Waals surface area contributed by atoms with Crippen LogP contribution in [0.2, 0.25) is 0 Å². The van der Waals surface area contributed by atoms with Crippen LogP contribution in [0.5, 0.6) is 17.2 Å². The number of carbonyl (C=O) groups is 1. The minimum absolute atomic E-state index is 0.00207. The van der Waals surface area contributed by atoms with Crippen LogP contribution in [-0.4, -0.2) is 40.7 Å². The van der Waals surface area contributed by atoms with Gasteiger partial charge in [0.2, 0.25) is 15.9 Å². The fourth-order valence-corrected chi connectivity index (χ4v) is 4.75. The van der Waals surface area contributed by atoms with Gasteiger partial charge in [0.25, 0.3) is 0 Å². The quantitative estimate of drug-likeness (QED) is 0.486. The molecule has 8 nitrogen and oxygen atoms in total. The summed E-state index contributed by atoms with van der Waals surface area (Å²) >= 11 is 0. The van der Waals surface area contributed by atoms with E-state index in [4.69, 9.17) is 14.2 Å². The number of amides is 1. The molecule has 1 atom stereocenters. The SMILES string of the molecule is COc1ccc(CNC(=O)[C@@H](Cc2ccccc2)NS(=O)(=O)c2ccc3c(c2)OCCO3)cc1. The molecule has 4 rings (SSSR count). The first-order valence-electron chi connectivity index (χ1n) is 10.8. The van der Waals surface area contributed by atoms with Crippen LogP contribution < -0.4 is 24.2 Å². The van der Waals surface area contributed by atoms with Gasteiger partial charge in [-0.3, -0.25) is 4.79 Å². The number of methoxy groups -OCH3 is 1. The first-order valence-corrected chi connectivity index (χ1v) is 12.3. The van der Waals surface area contributed by atoms with Crippen molar-refractivity contribution < 1.29 is 27.4 Å². The number of fused-ring (bicyclic) bond motifs is 1. The standard InChI is InChI=1S/C25H26N2O6S/c1-31-20-9-7-19(8-10-20)17-26-25(28)22(15-18-5-3-2-4-6-18)27-34(29,30)21-11-12-23-24(16-21)33-14-13-32-23/h2-12,16,22,27H,13-15,17H2,1H3,(H,26,28)/t22-/m1/s1. The number of sulfonamides is 1. The number of rotatable bonds is 9. The fourth-order valence-electron chi connectivity index (χ4n) is 3.54. The minimum atomic E-state index is -4.01. The van der Waals surface area contributed by atoms with Gasteiger partial charge < -0.3 is 19.5 Å². The molecule has 0 aromatic heterocycles. The van der Waals surface area contributed by atoms with Crippen LogP contribution in [0, 0.1) is 0 Å². The maximum atomic E-state index is 13.2. The monoisotopic (exact) mass is 482 g/mol. The molecule has 178 valence electrons. The summed E-state index contributed by atoms with van der Waals surface area (Å²) in [4.78, 5) is 13.1. The highest BCUT2D eigenvalue weighted by atomic mass is 32.2. The molecule has 0 radical (unpaired) electrons. The zero-order valence-electron chi connectivity index (χ0n) is 18.7. The van der Waals surface area contributed by atoms with Crippen molar-refractivity contribution >= 4 is 15.9 Å². The Morgan fingerprint density at radius 3 is 2.35 bits per heavy atom. The molecule has 0 bridgehead atoms. The summed E-state index contributed by atoms with van der Waals surface area (Å²) in [7, 11) is -2.43. The third-order valence-electron chi connectivity index (χ3n) is 5.35. The Morgan fingerprint density at radius 2 is 1.65 bits per heavy atom. The summed E-state index contributed by atoms with van der Waals surface area (Å²) in [5.41, 5.74) is 1.69. The van der Waals surface area contributed by atoms with Crippen molar-refractivity contribution in [2.45, 2.75) is 23.9 Å². The highest BCUT2D eigenvalue weighted by Gasteiger charge is 2.27. The molecular formula is C25H26N2O6S. The van der Waals surface area contributed by atoms with Gasteiger partial charge in [-0.1, -0.05) is 42.5 Å². The first-order chi connectivity index (χ1) is 16.4. The lowest BCUT2D eigenvalue weighted by Gasteiger charge is -2.21. The van der Waals surface area contributed by atoms with E-state index in [1.165, 1.54) is 12.1 Å². The molecule has 9 heteroatoms. The lowest BCUT2D eigenvalue weighted by atomic mass is 10.1. The molecule has 1 aliphatic heterocycles. The second kappa shape index (κ2) is 10.6. The molecule has 2 N–H and O–H groups in total. The van der Waals surface area contributed by atoms with Gasteiger partial charge in [0, 0.05) is 12.6 Å². The Hall–Kier alpha value is -3.56. The molecule has 0 fully saturated rings. The van der Waals surface area contributed by atoms with E-state index in [9.17, 15) is 13.2 Å². The third-order valence-corrected chi connectivity index (χ3v) is 6.82. The lowest BCUT2D eigenvalue weighted by Crippen LogP contribution is -2.47. The molecule has 1 heterocycles. The van der Waals surface area contributed by atoms with E-state index in [0.717, 1.165) is 11.1 Å². The molecule has 3 aromatic carbocycles. The Labute approximate surface area is 198 Å². The van der Waals surface area contributed by atoms with Gasteiger partial charge in [-0.15, -0.1) is 0 Å². The van der Waals surface area contributed by atoms with Crippen molar-refractivity contribution in [3.63, 3.8) is 0 Å². The van der Waals surface area contributed by atoms with Gasteiger partial charge in [0.1, 0.15) is 25.0 Å².